The highest BCUT2D eigenvalue weighted by molar-refractivity contribution is 7.71. The topological polar surface area (TPSA) is 74.0 Å². The number of ether oxygens (including phenoxy) is 1. The molecule has 8 heteroatoms. The predicted molar refractivity (Wildman–Crippen MR) is 85.9 cm³/mol. The number of pyridine rings is 1. The van der Waals surface area contributed by atoms with Gasteiger partial charge in [-0.15, -0.1) is 0 Å². The molecule has 1 aliphatic heterocycles. The SMILES string of the molecule is COc1ncc(CN2CCc3[nH]c(=S)[nH]c(=O)c3C2)cc1Cl. The standard InChI is InChI=1S/C14H15ClN4O2S/c1-21-13-10(15)4-8(5-16-13)6-19-3-2-11-9(7-19)12(20)18-14(22)17-11/h4-5H,2-3,6-7H2,1H3,(H2,17,18,20,22). The number of rotatable bonds is 3. The van der Waals surface area contributed by atoms with Crippen LogP contribution in [0.15, 0.2) is 17.1 Å². The van der Waals surface area contributed by atoms with Crippen LogP contribution in [0.25, 0.3) is 0 Å². The number of nitrogens with zero attached hydrogens (tertiary/aromatic N) is 2. The third-order valence-electron chi connectivity index (χ3n) is 3.65. The maximum Gasteiger partial charge on any atom is 0.256 e. The summed E-state index contributed by atoms with van der Waals surface area (Å²) in [7, 11) is 1.53. The van der Waals surface area contributed by atoms with Crippen molar-refractivity contribution < 1.29 is 4.74 Å². The van der Waals surface area contributed by atoms with Crippen molar-refractivity contribution in [3.63, 3.8) is 0 Å². The van der Waals surface area contributed by atoms with Crippen LogP contribution in [0.3, 0.4) is 0 Å². The van der Waals surface area contributed by atoms with Gasteiger partial charge in [0.1, 0.15) is 5.02 Å². The first-order valence-corrected chi connectivity index (χ1v) is 7.60. The molecule has 2 N–H and O–H groups in total. The van der Waals surface area contributed by atoms with Crippen LogP contribution in [0.5, 0.6) is 5.88 Å². The molecule has 0 spiro atoms. The monoisotopic (exact) mass is 338 g/mol. The molecular weight excluding hydrogens is 324 g/mol. The van der Waals surface area contributed by atoms with Crippen molar-refractivity contribution >= 4 is 23.8 Å². The lowest BCUT2D eigenvalue weighted by Crippen LogP contribution is -2.35. The highest BCUT2D eigenvalue weighted by Gasteiger charge is 2.20. The first kappa shape index (κ1) is 15.2. The molecule has 2 aromatic rings. The van der Waals surface area contributed by atoms with Crippen molar-refractivity contribution in [1.82, 2.24) is 19.9 Å². The number of hydrogen-bond acceptors (Lipinski definition) is 5. The van der Waals surface area contributed by atoms with Crippen LogP contribution in [0.1, 0.15) is 16.8 Å². The number of fused-ring (bicyclic) bond motifs is 1. The zero-order chi connectivity index (χ0) is 15.7. The van der Waals surface area contributed by atoms with Crippen LogP contribution < -0.4 is 10.3 Å². The van der Waals surface area contributed by atoms with Gasteiger partial charge in [0.25, 0.3) is 5.56 Å². The zero-order valence-electron chi connectivity index (χ0n) is 12.0. The molecule has 1 aliphatic rings. The smallest absolute Gasteiger partial charge is 0.256 e. The van der Waals surface area contributed by atoms with Gasteiger partial charge in [-0.25, -0.2) is 4.98 Å². The van der Waals surface area contributed by atoms with E-state index in [2.05, 4.69) is 19.9 Å². The minimum absolute atomic E-state index is 0.116. The van der Waals surface area contributed by atoms with E-state index in [1.165, 1.54) is 7.11 Å². The van der Waals surface area contributed by atoms with Crippen molar-refractivity contribution in [2.45, 2.75) is 19.5 Å². The summed E-state index contributed by atoms with van der Waals surface area (Å²) in [5.41, 5.74) is 2.53. The molecule has 116 valence electrons. The van der Waals surface area contributed by atoms with E-state index in [-0.39, 0.29) is 5.56 Å². The second-order valence-corrected chi connectivity index (χ2v) is 5.98. The Morgan fingerprint density at radius 3 is 3.05 bits per heavy atom. The fourth-order valence-corrected chi connectivity index (χ4v) is 3.09. The number of aromatic amines is 2. The Morgan fingerprint density at radius 1 is 1.50 bits per heavy atom. The largest absolute Gasteiger partial charge is 0.480 e. The highest BCUT2D eigenvalue weighted by atomic mass is 35.5. The average Bonchev–Trinajstić information content (AvgIpc) is 2.48. The molecule has 22 heavy (non-hydrogen) atoms. The lowest BCUT2D eigenvalue weighted by atomic mass is 10.1. The number of hydrogen-bond donors (Lipinski definition) is 2. The van der Waals surface area contributed by atoms with E-state index >= 15 is 0 Å². The second-order valence-electron chi connectivity index (χ2n) is 5.16. The van der Waals surface area contributed by atoms with Crippen molar-refractivity contribution in [2.24, 2.45) is 0 Å². The molecule has 0 saturated heterocycles. The van der Waals surface area contributed by atoms with E-state index in [0.717, 1.165) is 29.8 Å². The summed E-state index contributed by atoms with van der Waals surface area (Å²) in [4.78, 5) is 24.0. The minimum atomic E-state index is -0.116. The Morgan fingerprint density at radius 2 is 2.32 bits per heavy atom. The number of halogens is 1. The maximum atomic E-state index is 12.0. The Bertz CT molecular complexity index is 817. The van der Waals surface area contributed by atoms with Crippen LogP contribution in [-0.2, 0) is 19.5 Å². The van der Waals surface area contributed by atoms with Gasteiger partial charge in [0.2, 0.25) is 5.88 Å². The molecule has 0 saturated carbocycles. The first-order chi connectivity index (χ1) is 10.6. The van der Waals surface area contributed by atoms with Gasteiger partial charge < -0.3 is 9.72 Å². The fourth-order valence-electron chi connectivity index (χ4n) is 2.61. The predicted octanol–water partition coefficient (Wildman–Crippen LogP) is 2.05. The molecule has 6 nitrogen and oxygen atoms in total. The van der Waals surface area contributed by atoms with E-state index in [4.69, 9.17) is 28.6 Å². The third-order valence-corrected chi connectivity index (χ3v) is 4.13. The number of methoxy groups -OCH3 is 1. The van der Waals surface area contributed by atoms with E-state index in [0.29, 0.717) is 28.8 Å². The average molecular weight is 339 g/mol. The van der Waals surface area contributed by atoms with Crippen LogP contribution in [0, 0.1) is 4.77 Å². The van der Waals surface area contributed by atoms with Gasteiger partial charge in [0.15, 0.2) is 4.77 Å². The highest BCUT2D eigenvalue weighted by Crippen LogP contribution is 2.23. The molecule has 0 fully saturated rings. The van der Waals surface area contributed by atoms with E-state index in [1.807, 2.05) is 6.07 Å². The van der Waals surface area contributed by atoms with E-state index in [1.54, 1.807) is 6.20 Å². The molecule has 0 aromatic carbocycles. The molecule has 3 heterocycles. The quantitative estimate of drug-likeness (QED) is 0.838. The van der Waals surface area contributed by atoms with Crippen molar-refractivity contribution in [2.75, 3.05) is 13.7 Å². The second kappa shape index (κ2) is 6.20. The molecule has 0 bridgehead atoms. The molecule has 0 radical (unpaired) electrons. The van der Waals surface area contributed by atoms with Crippen LogP contribution >= 0.6 is 23.8 Å². The molecular formula is C14H15ClN4O2S. The lowest BCUT2D eigenvalue weighted by Gasteiger charge is -2.27. The summed E-state index contributed by atoms with van der Waals surface area (Å²) >= 11 is 11.1. The van der Waals surface area contributed by atoms with Gasteiger partial charge in [-0.3, -0.25) is 14.7 Å². The molecule has 2 aromatic heterocycles. The summed E-state index contributed by atoms with van der Waals surface area (Å²) in [5.74, 6) is 0.415. The number of nitrogens with one attached hydrogen (secondary N) is 2. The third kappa shape index (κ3) is 3.06. The maximum absolute atomic E-state index is 12.0. The van der Waals surface area contributed by atoms with Gasteiger partial charge in [-0.2, -0.15) is 0 Å². The van der Waals surface area contributed by atoms with Gasteiger partial charge in [-0.1, -0.05) is 11.6 Å². The van der Waals surface area contributed by atoms with Gasteiger partial charge >= 0.3 is 0 Å². The molecule has 0 atom stereocenters. The summed E-state index contributed by atoms with van der Waals surface area (Å²) in [6.45, 7) is 2.08. The molecule has 0 aliphatic carbocycles. The Labute approximate surface area is 137 Å². The fraction of sp³-hybridized carbons (Fsp3) is 0.357. The van der Waals surface area contributed by atoms with Gasteiger partial charge in [0.05, 0.1) is 12.7 Å². The van der Waals surface area contributed by atoms with Crippen molar-refractivity contribution in [1.29, 1.82) is 0 Å². The Balaban J connectivity index is 1.79. The van der Waals surface area contributed by atoms with Crippen LogP contribution in [0.2, 0.25) is 5.02 Å². The van der Waals surface area contributed by atoms with Crippen LogP contribution in [-0.4, -0.2) is 33.5 Å². The van der Waals surface area contributed by atoms with E-state index in [9.17, 15) is 4.79 Å². The van der Waals surface area contributed by atoms with E-state index < -0.39 is 0 Å². The normalized spacial score (nSPS) is 14.6. The summed E-state index contributed by atoms with van der Waals surface area (Å²) in [6, 6.07) is 1.84. The van der Waals surface area contributed by atoms with Crippen molar-refractivity contribution in [3.8, 4) is 5.88 Å². The number of aromatic nitrogens is 3. The number of H-pyrrole nitrogens is 2. The lowest BCUT2D eigenvalue weighted by molar-refractivity contribution is 0.241. The zero-order valence-corrected chi connectivity index (χ0v) is 13.6. The van der Waals surface area contributed by atoms with Crippen LogP contribution in [0.4, 0.5) is 0 Å². The summed E-state index contributed by atoms with van der Waals surface area (Å²) < 4.78 is 5.43. The minimum Gasteiger partial charge on any atom is -0.480 e. The van der Waals surface area contributed by atoms with Gasteiger partial charge in [0, 0.05) is 37.9 Å². The Hall–Kier alpha value is -1.70. The molecule has 3 rings (SSSR count). The Kier molecular flexibility index (Phi) is 4.28. The molecule has 0 amide bonds. The van der Waals surface area contributed by atoms with Gasteiger partial charge in [-0.05, 0) is 23.8 Å². The van der Waals surface area contributed by atoms with Crippen molar-refractivity contribution in [3.05, 3.63) is 49.2 Å². The summed E-state index contributed by atoms with van der Waals surface area (Å²) in [5, 5.41) is 0.485. The summed E-state index contributed by atoms with van der Waals surface area (Å²) in [6.07, 6.45) is 2.50. The first-order valence-electron chi connectivity index (χ1n) is 6.82. The molecule has 0 unspecified atom stereocenters.